The standard InChI is InChI=1S/C54H107N2O6P/c1-6-8-10-12-14-16-18-20-22-24-26-28-30-32-34-36-38-40-42-44-46-48-54(58)55-52(51-62-63(59,60)61-50-49-56(3,4)5)53(57)47-45-43-41-39-37-35-33-31-29-27-25-23-21-19-17-15-13-11-9-7-2/h8,10,14,16,52-53,57H,6-7,9,11-13,15,17-51H2,1-5H3,(H-,55,58,59,60)/p+1/b10-8-,16-14-. The lowest BCUT2D eigenvalue weighted by Gasteiger charge is -2.26. The van der Waals surface area contributed by atoms with E-state index < -0.39 is 20.0 Å². The molecule has 63 heavy (non-hydrogen) atoms. The largest absolute Gasteiger partial charge is 0.472 e. The predicted molar refractivity (Wildman–Crippen MR) is 272 cm³/mol. The fraction of sp³-hybridized carbons (Fsp3) is 0.907. The lowest BCUT2D eigenvalue weighted by molar-refractivity contribution is -0.870. The molecule has 8 nitrogen and oxygen atoms in total. The first kappa shape index (κ1) is 62.0. The van der Waals surface area contributed by atoms with Crippen LogP contribution < -0.4 is 5.32 Å². The Morgan fingerprint density at radius 1 is 0.556 bits per heavy atom. The number of likely N-dealkylation sites (N-methyl/N-ethyl adjacent to an activating group) is 1. The van der Waals surface area contributed by atoms with Crippen molar-refractivity contribution in [1.29, 1.82) is 0 Å². The maximum Gasteiger partial charge on any atom is 0.472 e. The van der Waals surface area contributed by atoms with E-state index in [0.717, 1.165) is 51.4 Å². The van der Waals surface area contributed by atoms with Crippen molar-refractivity contribution in [3.8, 4) is 0 Å². The molecular formula is C54H108N2O6P+. The van der Waals surface area contributed by atoms with Crippen LogP contribution in [0, 0.1) is 0 Å². The van der Waals surface area contributed by atoms with E-state index in [4.69, 9.17) is 9.05 Å². The Morgan fingerprint density at radius 3 is 1.38 bits per heavy atom. The Bertz CT molecular complexity index is 1080. The highest BCUT2D eigenvalue weighted by atomic mass is 31.2. The van der Waals surface area contributed by atoms with E-state index in [2.05, 4.69) is 43.5 Å². The minimum absolute atomic E-state index is 0.0763. The summed E-state index contributed by atoms with van der Waals surface area (Å²) in [5.41, 5.74) is 0. The van der Waals surface area contributed by atoms with Crippen LogP contribution in [-0.2, 0) is 18.4 Å². The summed E-state index contributed by atoms with van der Waals surface area (Å²) in [6.07, 6.45) is 56.5. The number of hydrogen-bond acceptors (Lipinski definition) is 5. The lowest BCUT2D eigenvalue weighted by Crippen LogP contribution is -2.46. The summed E-state index contributed by atoms with van der Waals surface area (Å²) in [7, 11) is 1.63. The molecule has 0 aliphatic heterocycles. The van der Waals surface area contributed by atoms with Crippen LogP contribution >= 0.6 is 7.82 Å². The van der Waals surface area contributed by atoms with Gasteiger partial charge in [0.25, 0.3) is 0 Å². The average Bonchev–Trinajstić information content (AvgIpc) is 3.24. The molecule has 0 spiro atoms. The van der Waals surface area contributed by atoms with Crippen molar-refractivity contribution in [3.63, 3.8) is 0 Å². The van der Waals surface area contributed by atoms with Crippen molar-refractivity contribution in [2.75, 3.05) is 40.9 Å². The number of quaternary nitrogens is 1. The number of carbonyl (C=O) groups excluding carboxylic acids is 1. The second kappa shape index (κ2) is 46.1. The van der Waals surface area contributed by atoms with Crippen LogP contribution in [0.5, 0.6) is 0 Å². The molecule has 0 rings (SSSR count). The Kier molecular flexibility index (Phi) is 45.4. The van der Waals surface area contributed by atoms with Crippen molar-refractivity contribution >= 4 is 13.7 Å². The molecule has 0 saturated heterocycles. The number of amides is 1. The first-order chi connectivity index (χ1) is 30.5. The Balaban J connectivity index is 4.19. The van der Waals surface area contributed by atoms with E-state index in [1.807, 2.05) is 21.1 Å². The van der Waals surface area contributed by atoms with E-state index >= 15 is 0 Å². The van der Waals surface area contributed by atoms with Gasteiger partial charge in [0.2, 0.25) is 5.91 Å². The fourth-order valence-electron chi connectivity index (χ4n) is 8.20. The van der Waals surface area contributed by atoms with Crippen LogP contribution in [0.25, 0.3) is 0 Å². The average molecular weight is 912 g/mol. The van der Waals surface area contributed by atoms with Crippen molar-refractivity contribution < 1.29 is 32.9 Å². The molecule has 9 heteroatoms. The number of unbranched alkanes of at least 4 members (excludes halogenated alkanes) is 33. The van der Waals surface area contributed by atoms with Crippen molar-refractivity contribution in [1.82, 2.24) is 5.32 Å². The molecule has 1 amide bonds. The number of hydrogen-bond donors (Lipinski definition) is 3. The van der Waals surface area contributed by atoms with E-state index in [1.54, 1.807) is 0 Å². The second-order valence-electron chi connectivity index (χ2n) is 19.9. The van der Waals surface area contributed by atoms with Gasteiger partial charge < -0.3 is 19.8 Å². The van der Waals surface area contributed by atoms with Gasteiger partial charge in [-0.25, -0.2) is 4.57 Å². The number of carbonyl (C=O) groups is 1. The van der Waals surface area contributed by atoms with Crippen LogP contribution in [0.2, 0.25) is 0 Å². The third-order valence-corrected chi connectivity index (χ3v) is 13.4. The number of rotatable bonds is 50. The summed E-state index contributed by atoms with van der Waals surface area (Å²) in [5.74, 6) is -0.142. The van der Waals surface area contributed by atoms with Gasteiger partial charge >= 0.3 is 7.82 Å². The molecule has 0 aliphatic carbocycles. The Hall–Kier alpha value is -1.02. The van der Waals surface area contributed by atoms with Gasteiger partial charge in [0.05, 0.1) is 39.9 Å². The molecular weight excluding hydrogens is 804 g/mol. The van der Waals surface area contributed by atoms with Gasteiger partial charge in [0.15, 0.2) is 0 Å². The monoisotopic (exact) mass is 912 g/mol. The van der Waals surface area contributed by atoms with E-state index in [-0.39, 0.29) is 19.1 Å². The number of phosphoric ester groups is 1. The maximum atomic E-state index is 13.0. The third-order valence-electron chi connectivity index (χ3n) is 12.5. The van der Waals surface area contributed by atoms with Crippen LogP contribution in [0.15, 0.2) is 24.3 Å². The molecule has 0 saturated carbocycles. The van der Waals surface area contributed by atoms with Crippen molar-refractivity contribution in [3.05, 3.63) is 24.3 Å². The zero-order valence-corrected chi connectivity index (χ0v) is 43.5. The second-order valence-corrected chi connectivity index (χ2v) is 21.4. The SMILES string of the molecule is CC/C=C\C/C=C\CCCCCCCCCCCCCCCCC(=O)NC(COP(=O)(O)OCC[N+](C)(C)C)C(O)CCCCCCCCCCCCCCCCCCCCCC. The lowest BCUT2D eigenvalue weighted by atomic mass is 10.0. The Labute approximate surface area is 392 Å². The summed E-state index contributed by atoms with van der Waals surface area (Å²) < 4.78 is 23.8. The number of aliphatic hydroxyl groups is 1. The summed E-state index contributed by atoms with van der Waals surface area (Å²) in [6, 6.07) is -0.759. The van der Waals surface area contributed by atoms with Gasteiger partial charge in [0, 0.05) is 6.42 Å². The zero-order valence-electron chi connectivity index (χ0n) is 42.6. The molecule has 0 bridgehead atoms. The van der Waals surface area contributed by atoms with Gasteiger partial charge in [-0.2, -0.15) is 0 Å². The van der Waals surface area contributed by atoms with Gasteiger partial charge in [-0.15, -0.1) is 0 Å². The van der Waals surface area contributed by atoms with Gasteiger partial charge in [-0.3, -0.25) is 13.8 Å². The normalized spacial score (nSPS) is 14.2. The number of nitrogens with one attached hydrogen (secondary N) is 1. The fourth-order valence-corrected chi connectivity index (χ4v) is 8.94. The first-order valence-corrected chi connectivity index (χ1v) is 28.7. The summed E-state index contributed by atoms with van der Waals surface area (Å²) in [4.78, 5) is 23.3. The molecule has 0 aromatic rings. The molecule has 0 heterocycles. The van der Waals surface area contributed by atoms with Crippen molar-refractivity contribution in [2.45, 2.75) is 276 Å². The predicted octanol–water partition coefficient (Wildman–Crippen LogP) is 16.0. The zero-order chi connectivity index (χ0) is 46.4. The highest BCUT2D eigenvalue weighted by Gasteiger charge is 2.28. The smallest absolute Gasteiger partial charge is 0.391 e. The molecule has 0 aromatic carbocycles. The molecule has 0 fully saturated rings. The third kappa shape index (κ3) is 48.7. The van der Waals surface area contributed by atoms with Crippen LogP contribution in [0.1, 0.15) is 264 Å². The minimum Gasteiger partial charge on any atom is -0.391 e. The molecule has 3 atom stereocenters. The van der Waals surface area contributed by atoms with Gasteiger partial charge in [-0.1, -0.05) is 244 Å². The van der Waals surface area contributed by atoms with E-state index in [0.29, 0.717) is 23.9 Å². The molecule has 3 N–H and O–H groups in total. The molecule has 0 aromatic heterocycles. The van der Waals surface area contributed by atoms with E-state index in [9.17, 15) is 19.4 Å². The minimum atomic E-state index is -4.32. The maximum absolute atomic E-state index is 13.0. The van der Waals surface area contributed by atoms with Gasteiger partial charge in [0.1, 0.15) is 13.2 Å². The molecule has 0 aliphatic rings. The summed E-state index contributed by atoms with van der Waals surface area (Å²) in [6.45, 7) is 4.82. The molecule has 3 unspecified atom stereocenters. The molecule has 374 valence electrons. The van der Waals surface area contributed by atoms with E-state index in [1.165, 1.54) is 186 Å². The summed E-state index contributed by atoms with van der Waals surface area (Å²) >= 11 is 0. The first-order valence-electron chi connectivity index (χ1n) is 27.2. The van der Waals surface area contributed by atoms with Crippen LogP contribution in [-0.4, -0.2) is 73.4 Å². The number of phosphoric acid groups is 1. The van der Waals surface area contributed by atoms with Gasteiger partial charge in [-0.05, 0) is 38.5 Å². The Morgan fingerprint density at radius 2 is 0.952 bits per heavy atom. The van der Waals surface area contributed by atoms with Crippen molar-refractivity contribution in [2.24, 2.45) is 0 Å². The number of aliphatic hydroxyl groups excluding tert-OH is 1. The van der Waals surface area contributed by atoms with Crippen LogP contribution in [0.3, 0.4) is 0 Å². The highest BCUT2D eigenvalue weighted by Crippen LogP contribution is 2.43. The van der Waals surface area contributed by atoms with Crippen LogP contribution in [0.4, 0.5) is 0 Å². The summed E-state index contributed by atoms with van der Waals surface area (Å²) in [5, 5.41) is 14.1. The quantitative estimate of drug-likeness (QED) is 0.0243. The topological polar surface area (TPSA) is 105 Å². The number of nitrogens with zero attached hydrogens (tertiary/aromatic N) is 1. The number of allylic oxidation sites excluding steroid dienone is 4. The molecule has 0 radical (unpaired) electrons. The highest BCUT2D eigenvalue weighted by molar-refractivity contribution is 7.47.